The van der Waals surface area contributed by atoms with E-state index in [0.717, 1.165) is 64.2 Å². The van der Waals surface area contributed by atoms with Gasteiger partial charge in [0, 0.05) is 23.2 Å². The minimum absolute atomic E-state index is 0.176. The van der Waals surface area contributed by atoms with Gasteiger partial charge in [-0.1, -0.05) is 42.5 Å². The van der Waals surface area contributed by atoms with Crippen molar-refractivity contribution in [1.29, 1.82) is 0 Å². The molecular weight excluding hydrogens is 402 g/mol. The number of carbonyl (C=O) groups excluding carboxylic acids is 2. The summed E-state index contributed by atoms with van der Waals surface area (Å²) in [5, 5.41) is 7.36. The van der Waals surface area contributed by atoms with Crippen LogP contribution in [0.2, 0.25) is 0 Å². The van der Waals surface area contributed by atoms with Crippen molar-refractivity contribution in [2.24, 2.45) is 5.10 Å². The number of rotatable bonds is 5. The normalized spacial score (nSPS) is 14.2. The van der Waals surface area contributed by atoms with Crippen molar-refractivity contribution in [1.82, 2.24) is 5.43 Å². The van der Waals surface area contributed by atoms with Crippen LogP contribution in [0.3, 0.4) is 0 Å². The van der Waals surface area contributed by atoms with Crippen LogP contribution in [0.1, 0.15) is 57.0 Å². The molecule has 0 saturated heterocycles. The Hall–Kier alpha value is -3.67. The van der Waals surface area contributed by atoms with E-state index in [1.165, 1.54) is 0 Å². The summed E-state index contributed by atoms with van der Waals surface area (Å²) in [6.45, 7) is 5.81. The van der Waals surface area contributed by atoms with E-state index in [0.29, 0.717) is 5.76 Å². The zero-order chi connectivity index (χ0) is 22.7. The number of anilines is 1. The average Bonchev–Trinajstić information content (AvgIpc) is 3.13. The number of benzene rings is 2. The van der Waals surface area contributed by atoms with Gasteiger partial charge >= 0.3 is 0 Å². The van der Waals surface area contributed by atoms with Gasteiger partial charge in [0.05, 0.1) is 12.1 Å². The largest absolute Gasteiger partial charge is 0.455 e. The molecule has 1 aliphatic rings. The molecule has 1 aromatic heterocycles. The van der Waals surface area contributed by atoms with Gasteiger partial charge in [-0.25, -0.2) is 5.43 Å². The van der Waals surface area contributed by atoms with Gasteiger partial charge in [0.2, 0.25) is 5.91 Å². The van der Waals surface area contributed by atoms with E-state index in [9.17, 15) is 9.59 Å². The van der Waals surface area contributed by atoms with Crippen LogP contribution in [-0.4, -0.2) is 17.5 Å². The molecule has 0 saturated carbocycles. The molecule has 0 atom stereocenters. The Kier molecular flexibility index (Phi) is 6.21. The van der Waals surface area contributed by atoms with Gasteiger partial charge in [0.15, 0.2) is 5.76 Å². The van der Waals surface area contributed by atoms with Crippen LogP contribution in [0.25, 0.3) is 0 Å². The third-order valence-electron chi connectivity index (χ3n) is 5.70. The molecule has 6 nitrogen and oxygen atoms in total. The number of aryl methyl sites for hydroxylation is 3. The molecule has 6 heteroatoms. The Labute approximate surface area is 187 Å². The fourth-order valence-electron chi connectivity index (χ4n) is 4.00. The molecule has 0 bridgehead atoms. The first-order chi connectivity index (χ1) is 15.4. The highest BCUT2D eigenvalue weighted by molar-refractivity contribution is 6.09. The van der Waals surface area contributed by atoms with E-state index in [1.807, 2.05) is 69.3 Å². The van der Waals surface area contributed by atoms with Crippen LogP contribution in [0.5, 0.6) is 0 Å². The summed E-state index contributed by atoms with van der Waals surface area (Å²) in [7, 11) is 0. The molecule has 1 heterocycles. The molecule has 2 aromatic carbocycles. The topological polar surface area (TPSA) is 83.7 Å². The van der Waals surface area contributed by atoms with Gasteiger partial charge in [-0.15, -0.1) is 0 Å². The van der Waals surface area contributed by atoms with Crippen LogP contribution in [0, 0.1) is 20.8 Å². The SMILES string of the molecule is Cc1ccc(C)c(NC(=O)c2oc3c(c2C)/C(=N/NC(=O)Cc2ccccc2)CCC3)c1. The molecule has 2 N–H and O–H groups in total. The minimum atomic E-state index is -0.280. The molecule has 164 valence electrons. The second kappa shape index (κ2) is 9.22. The molecule has 1 aliphatic carbocycles. The summed E-state index contributed by atoms with van der Waals surface area (Å²) in [5.41, 5.74) is 8.76. The van der Waals surface area contributed by atoms with Crippen molar-refractivity contribution < 1.29 is 14.0 Å². The van der Waals surface area contributed by atoms with Gasteiger partial charge < -0.3 is 9.73 Å². The van der Waals surface area contributed by atoms with Crippen molar-refractivity contribution >= 4 is 23.2 Å². The van der Waals surface area contributed by atoms with Crippen molar-refractivity contribution in [3.8, 4) is 0 Å². The molecule has 0 spiro atoms. The lowest BCUT2D eigenvalue weighted by Gasteiger charge is -2.13. The van der Waals surface area contributed by atoms with Gasteiger partial charge in [-0.3, -0.25) is 9.59 Å². The van der Waals surface area contributed by atoms with Crippen molar-refractivity contribution in [2.75, 3.05) is 5.32 Å². The Bertz CT molecular complexity index is 1190. The molecular formula is C26H27N3O3. The molecule has 4 rings (SSSR count). The monoisotopic (exact) mass is 429 g/mol. The summed E-state index contributed by atoms with van der Waals surface area (Å²) in [5.74, 6) is 0.583. The number of hydrogen-bond donors (Lipinski definition) is 2. The zero-order valence-electron chi connectivity index (χ0n) is 18.6. The average molecular weight is 430 g/mol. The number of hydrazone groups is 1. The summed E-state index contributed by atoms with van der Waals surface area (Å²) in [4.78, 5) is 25.3. The van der Waals surface area contributed by atoms with E-state index < -0.39 is 0 Å². The van der Waals surface area contributed by atoms with Crippen molar-refractivity contribution in [2.45, 2.75) is 46.5 Å². The van der Waals surface area contributed by atoms with E-state index >= 15 is 0 Å². The number of carbonyl (C=O) groups is 2. The molecule has 0 fully saturated rings. The third kappa shape index (κ3) is 4.64. The predicted molar refractivity (Wildman–Crippen MR) is 125 cm³/mol. The van der Waals surface area contributed by atoms with Crippen LogP contribution < -0.4 is 10.7 Å². The maximum atomic E-state index is 13.0. The number of hydrogen-bond acceptors (Lipinski definition) is 4. The number of fused-ring (bicyclic) bond motifs is 1. The van der Waals surface area contributed by atoms with Crippen LogP contribution in [-0.2, 0) is 17.6 Å². The van der Waals surface area contributed by atoms with E-state index in [-0.39, 0.29) is 18.2 Å². The smallest absolute Gasteiger partial charge is 0.291 e. The first-order valence-electron chi connectivity index (χ1n) is 10.8. The predicted octanol–water partition coefficient (Wildman–Crippen LogP) is 4.86. The van der Waals surface area contributed by atoms with Gasteiger partial charge in [-0.2, -0.15) is 5.10 Å². The fourth-order valence-corrected chi connectivity index (χ4v) is 4.00. The number of furan rings is 1. The van der Waals surface area contributed by atoms with Crippen LogP contribution in [0.15, 0.2) is 58.0 Å². The maximum Gasteiger partial charge on any atom is 0.291 e. The Morgan fingerprint density at radius 2 is 1.81 bits per heavy atom. The first-order valence-corrected chi connectivity index (χ1v) is 10.8. The van der Waals surface area contributed by atoms with Crippen LogP contribution in [0.4, 0.5) is 5.69 Å². The van der Waals surface area contributed by atoms with Gasteiger partial charge in [0.25, 0.3) is 5.91 Å². The minimum Gasteiger partial charge on any atom is -0.455 e. The van der Waals surface area contributed by atoms with Gasteiger partial charge in [-0.05, 0) is 56.4 Å². The summed E-state index contributed by atoms with van der Waals surface area (Å²) < 4.78 is 5.97. The molecule has 0 aliphatic heterocycles. The lowest BCUT2D eigenvalue weighted by Crippen LogP contribution is -2.23. The fraction of sp³-hybridized carbons (Fsp3) is 0.269. The summed E-state index contributed by atoms with van der Waals surface area (Å²) in [6.07, 6.45) is 2.57. The highest BCUT2D eigenvalue weighted by Crippen LogP contribution is 2.30. The van der Waals surface area contributed by atoms with Crippen LogP contribution >= 0.6 is 0 Å². The Morgan fingerprint density at radius 1 is 1.03 bits per heavy atom. The first kappa shape index (κ1) is 21.6. The van der Waals surface area contributed by atoms with Crippen molar-refractivity contribution in [3.63, 3.8) is 0 Å². The molecule has 32 heavy (non-hydrogen) atoms. The molecule has 2 amide bonds. The second-order valence-electron chi connectivity index (χ2n) is 8.24. The van der Waals surface area contributed by atoms with E-state index in [4.69, 9.17) is 4.42 Å². The Morgan fingerprint density at radius 3 is 2.59 bits per heavy atom. The molecule has 3 aromatic rings. The molecule has 0 radical (unpaired) electrons. The van der Waals surface area contributed by atoms with Gasteiger partial charge in [0.1, 0.15) is 5.76 Å². The number of nitrogens with zero attached hydrogens (tertiary/aromatic N) is 1. The summed E-state index contributed by atoms with van der Waals surface area (Å²) in [6, 6.07) is 15.5. The Balaban J connectivity index is 1.53. The zero-order valence-corrected chi connectivity index (χ0v) is 18.6. The van der Waals surface area contributed by atoms with Crippen molar-refractivity contribution in [3.05, 3.63) is 87.9 Å². The highest BCUT2D eigenvalue weighted by atomic mass is 16.4. The second-order valence-corrected chi connectivity index (χ2v) is 8.24. The molecule has 0 unspecified atom stereocenters. The third-order valence-corrected chi connectivity index (χ3v) is 5.70. The lowest BCUT2D eigenvalue weighted by molar-refractivity contribution is -0.120. The lowest BCUT2D eigenvalue weighted by atomic mass is 9.93. The summed E-state index contributed by atoms with van der Waals surface area (Å²) >= 11 is 0. The number of amides is 2. The number of nitrogens with one attached hydrogen (secondary N) is 2. The van der Waals surface area contributed by atoms with E-state index in [1.54, 1.807) is 0 Å². The quantitative estimate of drug-likeness (QED) is 0.568. The maximum absolute atomic E-state index is 13.0. The standard InChI is InChI=1S/C26H27N3O3/c1-16-12-13-17(2)21(14-16)27-26(31)25-18(3)24-20(10-7-11-22(24)32-25)28-29-23(30)15-19-8-5-4-6-9-19/h4-6,8-9,12-14H,7,10-11,15H2,1-3H3,(H,27,31)(H,29,30)/b28-20+. The van der Waals surface area contributed by atoms with E-state index in [2.05, 4.69) is 15.8 Å². The highest BCUT2D eigenvalue weighted by Gasteiger charge is 2.28.